The van der Waals surface area contributed by atoms with Gasteiger partial charge in [-0.2, -0.15) is 13.2 Å². The first-order chi connectivity index (χ1) is 9.68. The molecule has 21 heavy (non-hydrogen) atoms. The lowest BCUT2D eigenvalue weighted by Gasteiger charge is -2.21. The highest BCUT2D eigenvalue weighted by atomic mass is 28.3. The van der Waals surface area contributed by atoms with Gasteiger partial charge in [0, 0.05) is 0 Å². The largest absolute Gasteiger partial charge is 0.416 e. The highest BCUT2D eigenvalue weighted by Crippen LogP contribution is 2.30. The normalized spacial score (nSPS) is 12.5. The minimum absolute atomic E-state index is 0.546. The Morgan fingerprint density at radius 1 is 0.905 bits per heavy atom. The fourth-order valence-electron chi connectivity index (χ4n) is 2.48. The fourth-order valence-corrected chi connectivity index (χ4v) is 4.21. The second-order valence-electron chi connectivity index (χ2n) is 6.28. The number of alkyl halides is 3. The average molecular weight is 308 g/mol. The van der Waals surface area contributed by atoms with E-state index in [0.717, 1.165) is 11.6 Å². The molecule has 0 spiro atoms. The maximum atomic E-state index is 12.8. The number of hydrogen-bond donors (Lipinski definition) is 0. The van der Waals surface area contributed by atoms with Gasteiger partial charge in [-0.25, -0.2) is 0 Å². The third-order valence-electron chi connectivity index (χ3n) is 3.47. The molecule has 0 N–H and O–H groups in total. The van der Waals surface area contributed by atoms with Gasteiger partial charge in [0.15, 0.2) is 0 Å². The van der Waals surface area contributed by atoms with Crippen molar-refractivity contribution in [3.8, 4) is 0 Å². The molecule has 0 heterocycles. The van der Waals surface area contributed by atoms with Crippen molar-refractivity contribution in [2.24, 2.45) is 0 Å². The van der Waals surface area contributed by atoms with Crippen LogP contribution in [0.15, 0.2) is 48.5 Å². The molecule has 0 atom stereocenters. The van der Waals surface area contributed by atoms with E-state index in [9.17, 15) is 13.2 Å². The molecule has 0 nitrogen and oxygen atoms in total. The van der Waals surface area contributed by atoms with Gasteiger partial charge in [0.2, 0.25) is 0 Å². The van der Waals surface area contributed by atoms with Gasteiger partial charge in [-0.15, -0.1) is 0 Å². The predicted molar refractivity (Wildman–Crippen MR) is 83.7 cm³/mol. The summed E-state index contributed by atoms with van der Waals surface area (Å²) in [5.74, 6) is 0. The Labute approximate surface area is 124 Å². The molecule has 0 aliphatic carbocycles. The van der Waals surface area contributed by atoms with Crippen LogP contribution in [0.1, 0.15) is 16.7 Å². The molecule has 0 saturated heterocycles. The summed E-state index contributed by atoms with van der Waals surface area (Å²) in [6, 6.07) is 13.7. The van der Waals surface area contributed by atoms with Gasteiger partial charge >= 0.3 is 6.18 Å². The van der Waals surface area contributed by atoms with Crippen molar-refractivity contribution in [1.29, 1.82) is 0 Å². The van der Waals surface area contributed by atoms with Crippen LogP contribution in [0, 0.1) is 0 Å². The van der Waals surface area contributed by atoms with E-state index >= 15 is 0 Å². The van der Waals surface area contributed by atoms with Crippen LogP contribution in [0.4, 0.5) is 13.2 Å². The lowest BCUT2D eigenvalue weighted by Crippen LogP contribution is -2.40. The topological polar surface area (TPSA) is 0 Å². The SMILES string of the molecule is C[Si](C)(C)c1ccccc1Cc1cccc(C(F)(F)F)c1. The molecule has 0 unspecified atom stereocenters. The van der Waals surface area contributed by atoms with Crippen molar-refractivity contribution in [3.05, 3.63) is 65.2 Å². The van der Waals surface area contributed by atoms with Crippen LogP contribution >= 0.6 is 0 Å². The van der Waals surface area contributed by atoms with Crippen LogP contribution in [0.5, 0.6) is 0 Å². The summed E-state index contributed by atoms with van der Waals surface area (Å²) in [5, 5.41) is 1.31. The van der Waals surface area contributed by atoms with E-state index in [1.54, 1.807) is 6.07 Å². The first-order valence-corrected chi connectivity index (χ1v) is 10.4. The van der Waals surface area contributed by atoms with Gasteiger partial charge in [0.1, 0.15) is 0 Å². The van der Waals surface area contributed by atoms with E-state index in [1.165, 1.54) is 17.3 Å². The Balaban J connectivity index is 2.36. The van der Waals surface area contributed by atoms with E-state index in [0.29, 0.717) is 12.0 Å². The molecule has 0 bridgehead atoms. The quantitative estimate of drug-likeness (QED) is 0.712. The molecule has 0 amide bonds. The van der Waals surface area contributed by atoms with Gasteiger partial charge in [0.25, 0.3) is 0 Å². The summed E-state index contributed by atoms with van der Waals surface area (Å²) < 4.78 is 38.3. The standard InChI is InChI=1S/C17H19F3Si/c1-21(2,3)16-10-5-4-8-14(16)11-13-7-6-9-15(12-13)17(18,19)20/h4-10,12H,11H2,1-3H3. The fraction of sp³-hybridized carbons (Fsp3) is 0.294. The smallest absolute Gasteiger partial charge is 0.166 e. The van der Waals surface area contributed by atoms with Gasteiger partial charge in [-0.05, 0) is 23.6 Å². The molecule has 2 aromatic rings. The maximum Gasteiger partial charge on any atom is 0.416 e. The molecule has 2 rings (SSSR count). The summed E-state index contributed by atoms with van der Waals surface area (Å²) in [7, 11) is -1.50. The third kappa shape index (κ3) is 3.97. The Bertz CT molecular complexity index is 624. The molecule has 0 fully saturated rings. The highest BCUT2D eigenvalue weighted by molar-refractivity contribution is 6.89. The highest BCUT2D eigenvalue weighted by Gasteiger charge is 2.30. The minimum atomic E-state index is -4.28. The zero-order valence-electron chi connectivity index (χ0n) is 12.5. The second-order valence-corrected chi connectivity index (χ2v) is 11.3. The molecule has 0 aliphatic heterocycles. The van der Waals surface area contributed by atoms with Crippen LogP contribution in [0.3, 0.4) is 0 Å². The molecular weight excluding hydrogens is 289 g/mol. The zero-order valence-corrected chi connectivity index (χ0v) is 13.5. The number of halogens is 3. The van der Waals surface area contributed by atoms with E-state index in [4.69, 9.17) is 0 Å². The van der Waals surface area contributed by atoms with Crippen molar-refractivity contribution >= 4 is 13.3 Å². The van der Waals surface area contributed by atoms with Gasteiger partial charge in [-0.3, -0.25) is 0 Å². The van der Waals surface area contributed by atoms with Gasteiger partial charge < -0.3 is 0 Å². The molecule has 0 aliphatic rings. The Morgan fingerprint density at radius 3 is 2.19 bits per heavy atom. The molecule has 112 valence electrons. The van der Waals surface area contributed by atoms with E-state index in [2.05, 4.69) is 25.7 Å². The van der Waals surface area contributed by atoms with Crippen LogP contribution in [0.25, 0.3) is 0 Å². The summed E-state index contributed by atoms with van der Waals surface area (Å²) >= 11 is 0. The molecule has 2 aromatic carbocycles. The Morgan fingerprint density at radius 2 is 1.57 bits per heavy atom. The van der Waals surface area contributed by atoms with Crippen molar-refractivity contribution in [2.45, 2.75) is 32.2 Å². The summed E-state index contributed by atoms with van der Waals surface area (Å²) in [4.78, 5) is 0. The van der Waals surface area contributed by atoms with Crippen LogP contribution in [-0.2, 0) is 12.6 Å². The average Bonchev–Trinajstić information content (AvgIpc) is 2.37. The van der Waals surface area contributed by atoms with Crippen molar-refractivity contribution < 1.29 is 13.2 Å². The monoisotopic (exact) mass is 308 g/mol. The molecular formula is C17H19F3Si. The number of rotatable bonds is 3. The van der Waals surface area contributed by atoms with Gasteiger partial charge in [0.05, 0.1) is 13.6 Å². The molecule has 0 saturated carbocycles. The first kappa shape index (κ1) is 15.8. The maximum absolute atomic E-state index is 12.8. The first-order valence-electron chi connectivity index (χ1n) is 6.92. The summed E-state index contributed by atoms with van der Waals surface area (Å²) in [6.45, 7) is 6.74. The lowest BCUT2D eigenvalue weighted by molar-refractivity contribution is -0.137. The zero-order chi connectivity index (χ0) is 15.7. The van der Waals surface area contributed by atoms with Gasteiger partial charge in [-0.1, -0.05) is 67.3 Å². The van der Waals surface area contributed by atoms with Crippen LogP contribution in [-0.4, -0.2) is 8.07 Å². The summed E-state index contributed by atoms with van der Waals surface area (Å²) in [6.07, 6.45) is -3.74. The molecule has 0 radical (unpaired) electrons. The third-order valence-corrected chi connectivity index (χ3v) is 5.58. The van der Waals surface area contributed by atoms with Crippen LogP contribution < -0.4 is 5.19 Å². The minimum Gasteiger partial charge on any atom is -0.166 e. The van der Waals surface area contributed by atoms with Crippen LogP contribution in [0.2, 0.25) is 19.6 Å². The van der Waals surface area contributed by atoms with Crippen molar-refractivity contribution in [2.75, 3.05) is 0 Å². The van der Waals surface area contributed by atoms with E-state index in [-0.39, 0.29) is 0 Å². The predicted octanol–water partition coefficient (Wildman–Crippen LogP) is 4.84. The van der Waals surface area contributed by atoms with E-state index < -0.39 is 19.8 Å². The second kappa shape index (κ2) is 5.68. The lowest BCUT2D eigenvalue weighted by atomic mass is 10.0. The Hall–Kier alpha value is -1.55. The molecule has 0 aromatic heterocycles. The Kier molecular flexibility index (Phi) is 4.28. The number of benzene rings is 2. The van der Waals surface area contributed by atoms with Crippen molar-refractivity contribution in [3.63, 3.8) is 0 Å². The summed E-state index contributed by atoms with van der Waals surface area (Å²) in [5.41, 5.74) is 1.26. The van der Waals surface area contributed by atoms with Crippen molar-refractivity contribution in [1.82, 2.24) is 0 Å². The molecule has 4 heteroatoms. The van der Waals surface area contributed by atoms with E-state index in [1.807, 2.05) is 18.2 Å². The number of hydrogen-bond acceptors (Lipinski definition) is 0.